The Balaban J connectivity index is 2.16. The second-order valence-corrected chi connectivity index (χ2v) is 5.91. The predicted molar refractivity (Wildman–Crippen MR) is 86.4 cm³/mol. The van der Waals surface area contributed by atoms with Gasteiger partial charge in [0.1, 0.15) is 11.5 Å². The van der Waals surface area contributed by atoms with Crippen LogP contribution in [0.2, 0.25) is 0 Å². The van der Waals surface area contributed by atoms with Crippen molar-refractivity contribution in [3.63, 3.8) is 0 Å². The molecule has 0 spiro atoms. The van der Waals surface area contributed by atoms with Crippen molar-refractivity contribution >= 4 is 11.3 Å². The van der Waals surface area contributed by atoms with Crippen molar-refractivity contribution in [3.05, 3.63) is 39.8 Å². The molecule has 4 nitrogen and oxygen atoms in total. The maximum atomic E-state index is 5.48. The highest BCUT2D eigenvalue weighted by molar-refractivity contribution is 7.09. The molecule has 114 valence electrons. The monoisotopic (exact) mass is 306 g/mol. The van der Waals surface area contributed by atoms with Crippen LogP contribution < -0.4 is 14.8 Å². The molecule has 0 aliphatic carbocycles. The third kappa shape index (κ3) is 3.54. The Labute approximate surface area is 130 Å². The molecule has 1 aromatic heterocycles. The number of aryl methyl sites for hydroxylation is 1. The standard InChI is InChI=1S/C16H22N2O2S/c1-10(18-12(3)16-11(2)17-9-21-16)14-7-6-13(19-4)8-15(14)20-5/h6-10,12,18H,1-5H3. The SMILES string of the molecule is COc1ccc(C(C)NC(C)c2scnc2C)c(OC)c1. The van der Waals surface area contributed by atoms with Crippen molar-refractivity contribution < 1.29 is 9.47 Å². The fourth-order valence-corrected chi connectivity index (χ4v) is 3.26. The van der Waals surface area contributed by atoms with Crippen molar-refractivity contribution in [2.45, 2.75) is 32.9 Å². The van der Waals surface area contributed by atoms with Gasteiger partial charge in [-0.2, -0.15) is 0 Å². The van der Waals surface area contributed by atoms with Crippen LogP contribution in [-0.4, -0.2) is 19.2 Å². The van der Waals surface area contributed by atoms with Crippen molar-refractivity contribution in [1.82, 2.24) is 10.3 Å². The predicted octanol–water partition coefficient (Wildman–Crippen LogP) is 3.88. The summed E-state index contributed by atoms with van der Waals surface area (Å²) < 4.78 is 10.7. The molecule has 0 aliphatic heterocycles. The molecule has 0 saturated heterocycles. The zero-order valence-corrected chi connectivity index (χ0v) is 14.0. The van der Waals surface area contributed by atoms with Crippen molar-refractivity contribution in [2.24, 2.45) is 0 Å². The van der Waals surface area contributed by atoms with Gasteiger partial charge in [0, 0.05) is 28.6 Å². The molecule has 1 aromatic carbocycles. The molecule has 2 atom stereocenters. The van der Waals surface area contributed by atoms with Gasteiger partial charge in [-0.25, -0.2) is 4.98 Å². The lowest BCUT2D eigenvalue weighted by molar-refractivity contribution is 0.383. The van der Waals surface area contributed by atoms with Gasteiger partial charge in [-0.1, -0.05) is 6.07 Å². The Morgan fingerprint density at radius 2 is 1.90 bits per heavy atom. The summed E-state index contributed by atoms with van der Waals surface area (Å²) in [6.07, 6.45) is 0. The molecule has 0 amide bonds. The summed E-state index contributed by atoms with van der Waals surface area (Å²) in [5, 5.41) is 3.60. The lowest BCUT2D eigenvalue weighted by atomic mass is 10.1. The molecule has 2 rings (SSSR count). The van der Waals surface area contributed by atoms with Crippen LogP contribution in [0.1, 0.15) is 42.1 Å². The number of thiazole rings is 1. The highest BCUT2D eigenvalue weighted by atomic mass is 32.1. The van der Waals surface area contributed by atoms with Gasteiger partial charge in [0.05, 0.1) is 25.4 Å². The minimum atomic E-state index is 0.169. The minimum absolute atomic E-state index is 0.169. The summed E-state index contributed by atoms with van der Waals surface area (Å²) in [6, 6.07) is 6.33. The van der Waals surface area contributed by atoms with E-state index in [4.69, 9.17) is 9.47 Å². The average Bonchev–Trinajstić information content (AvgIpc) is 2.92. The van der Waals surface area contributed by atoms with Gasteiger partial charge in [0.15, 0.2) is 0 Å². The Morgan fingerprint density at radius 3 is 2.48 bits per heavy atom. The van der Waals surface area contributed by atoms with Crippen molar-refractivity contribution in [1.29, 1.82) is 0 Å². The van der Waals surface area contributed by atoms with E-state index in [-0.39, 0.29) is 12.1 Å². The van der Waals surface area contributed by atoms with E-state index in [0.717, 1.165) is 22.8 Å². The van der Waals surface area contributed by atoms with Gasteiger partial charge in [-0.15, -0.1) is 11.3 Å². The summed E-state index contributed by atoms with van der Waals surface area (Å²) in [6.45, 7) is 6.34. The number of hydrogen-bond acceptors (Lipinski definition) is 5. The molecular formula is C16H22N2O2S. The first-order valence-electron chi connectivity index (χ1n) is 6.94. The molecule has 2 aromatic rings. The van der Waals surface area contributed by atoms with Crippen molar-refractivity contribution in [2.75, 3.05) is 14.2 Å². The summed E-state index contributed by atoms with van der Waals surface area (Å²) in [4.78, 5) is 5.58. The first-order chi connectivity index (χ1) is 10.1. The van der Waals surface area contributed by atoms with E-state index in [1.165, 1.54) is 4.88 Å². The number of rotatable bonds is 6. The zero-order chi connectivity index (χ0) is 15.4. The number of benzene rings is 1. The molecule has 0 fully saturated rings. The normalized spacial score (nSPS) is 13.8. The molecule has 0 bridgehead atoms. The van der Waals surface area contributed by atoms with E-state index >= 15 is 0 Å². The van der Waals surface area contributed by atoms with Gasteiger partial charge in [-0.3, -0.25) is 0 Å². The summed E-state index contributed by atoms with van der Waals surface area (Å²) in [7, 11) is 3.34. The van der Waals surface area contributed by atoms with Crippen LogP contribution in [0.3, 0.4) is 0 Å². The summed E-state index contributed by atoms with van der Waals surface area (Å²) in [5.41, 5.74) is 4.10. The Kier molecular flexibility index (Phi) is 5.20. The number of nitrogens with zero attached hydrogens (tertiary/aromatic N) is 1. The van der Waals surface area contributed by atoms with Crippen LogP contribution in [0.15, 0.2) is 23.7 Å². The van der Waals surface area contributed by atoms with Gasteiger partial charge in [0.2, 0.25) is 0 Å². The van der Waals surface area contributed by atoms with E-state index < -0.39 is 0 Å². The highest BCUT2D eigenvalue weighted by Gasteiger charge is 2.17. The lowest BCUT2D eigenvalue weighted by Crippen LogP contribution is -2.22. The maximum absolute atomic E-state index is 5.48. The molecule has 21 heavy (non-hydrogen) atoms. The quantitative estimate of drug-likeness (QED) is 0.879. The van der Waals surface area contributed by atoms with Crippen LogP contribution in [0.25, 0.3) is 0 Å². The van der Waals surface area contributed by atoms with Crippen LogP contribution in [0.4, 0.5) is 0 Å². The van der Waals surface area contributed by atoms with Crippen LogP contribution in [0.5, 0.6) is 11.5 Å². The Hall–Kier alpha value is -1.59. The number of ether oxygens (including phenoxy) is 2. The minimum Gasteiger partial charge on any atom is -0.497 e. The van der Waals surface area contributed by atoms with Crippen LogP contribution in [-0.2, 0) is 0 Å². The van der Waals surface area contributed by atoms with E-state index in [2.05, 4.69) is 24.1 Å². The Bertz CT molecular complexity index is 598. The number of aromatic nitrogens is 1. The molecule has 0 aliphatic rings. The molecule has 0 radical (unpaired) electrons. The zero-order valence-electron chi connectivity index (χ0n) is 13.1. The molecule has 1 N–H and O–H groups in total. The van der Waals surface area contributed by atoms with E-state index in [9.17, 15) is 0 Å². The summed E-state index contributed by atoms with van der Waals surface area (Å²) >= 11 is 1.69. The number of nitrogens with one attached hydrogen (secondary N) is 1. The molecule has 1 heterocycles. The summed E-state index contributed by atoms with van der Waals surface area (Å²) in [5.74, 6) is 1.64. The van der Waals surface area contributed by atoms with E-state index in [1.807, 2.05) is 30.6 Å². The fourth-order valence-electron chi connectivity index (χ4n) is 2.44. The third-order valence-electron chi connectivity index (χ3n) is 3.58. The van der Waals surface area contributed by atoms with Crippen LogP contribution >= 0.6 is 11.3 Å². The maximum Gasteiger partial charge on any atom is 0.127 e. The van der Waals surface area contributed by atoms with Gasteiger partial charge >= 0.3 is 0 Å². The molecule has 5 heteroatoms. The fraction of sp³-hybridized carbons (Fsp3) is 0.438. The van der Waals surface area contributed by atoms with E-state index in [0.29, 0.717) is 0 Å². The average molecular weight is 306 g/mol. The Morgan fingerprint density at radius 1 is 1.14 bits per heavy atom. The van der Waals surface area contributed by atoms with Crippen LogP contribution in [0, 0.1) is 6.92 Å². The first kappa shape index (κ1) is 15.8. The van der Waals surface area contributed by atoms with Gasteiger partial charge < -0.3 is 14.8 Å². The lowest BCUT2D eigenvalue weighted by Gasteiger charge is -2.22. The van der Waals surface area contributed by atoms with Crippen molar-refractivity contribution in [3.8, 4) is 11.5 Å². The topological polar surface area (TPSA) is 43.4 Å². The van der Waals surface area contributed by atoms with E-state index in [1.54, 1.807) is 25.6 Å². The molecular weight excluding hydrogens is 284 g/mol. The first-order valence-corrected chi connectivity index (χ1v) is 7.82. The van der Waals surface area contributed by atoms with Gasteiger partial charge in [-0.05, 0) is 26.8 Å². The van der Waals surface area contributed by atoms with Gasteiger partial charge in [0.25, 0.3) is 0 Å². The largest absolute Gasteiger partial charge is 0.497 e. The highest BCUT2D eigenvalue weighted by Crippen LogP contribution is 2.31. The molecule has 2 unspecified atom stereocenters. The number of hydrogen-bond donors (Lipinski definition) is 1. The second-order valence-electron chi connectivity index (χ2n) is 5.02. The number of methoxy groups -OCH3 is 2. The second kappa shape index (κ2) is 6.91. The molecule has 0 saturated carbocycles. The third-order valence-corrected chi connectivity index (χ3v) is 4.70. The smallest absolute Gasteiger partial charge is 0.127 e.